The molecule has 0 fully saturated rings. The van der Waals surface area contributed by atoms with Gasteiger partial charge in [-0.15, -0.1) is 0 Å². The Hall–Kier alpha value is -1.43. The van der Waals surface area contributed by atoms with Crippen molar-refractivity contribution in [1.82, 2.24) is 0 Å². The molecule has 1 N–H and O–H groups in total. The molecule has 2 aromatic rings. The number of carbonyl (C=O) groups excluding carboxylic acids is 1. The Labute approximate surface area is 171 Å². The van der Waals surface area contributed by atoms with Gasteiger partial charge in [-0.25, -0.2) is 0 Å². The van der Waals surface area contributed by atoms with Crippen molar-refractivity contribution in [2.24, 2.45) is 5.92 Å². The largest absolute Gasteiger partial charge is 0.494 e. The maximum absolute atomic E-state index is 12.1. The zero-order valence-corrected chi connectivity index (χ0v) is 17.6. The highest BCUT2D eigenvalue weighted by Crippen LogP contribution is 2.36. The van der Waals surface area contributed by atoms with E-state index in [0.717, 1.165) is 6.42 Å². The van der Waals surface area contributed by atoms with Crippen LogP contribution in [0, 0.1) is 5.92 Å². The Bertz CT molecular complexity index is 745. The quantitative estimate of drug-likeness (QED) is 0.510. The number of hydrogen-bond acceptors (Lipinski definition) is 3. The smallest absolute Gasteiger partial charge is 0.262 e. The van der Waals surface area contributed by atoms with Crippen molar-refractivity contribution in [2.45, 2.75) is 20.3 Å². The lowest BCUT2D eigenvalue weighted by Gasteiger charge is -2.12. The van der Waals surface area contributed by atoms with Crippen LogP contribution in [0.5, 0.6) is 11.5 Å². The maximum Gasteiger partial charge on any atom is 0.262 e. The fourth-order valence-electron chi connectivity index (χ4n) is 2.08. The van der Waals surface area contributed by atoms with Crippen LogP contribution in [0.25, 0.3) is 0 Å². The van der Waals surface area contributed by atoms with Gasteiger partial charge in [-0.3, -0.25) is 4.79 Å². The summed E-state index contributed by atoms with van der Waals surface area (Å²) in [5, 5.41) is 3.58. The Morgan fingerprint density at radius 3 is 2.65 bits per heavy atom. The minimum atomic E-state index is -0.303. The third kappa shape index (κ3) is 6.71. The van der Waals surface area contributed by atoms with Crippen molar-refractivity contribution in [1.29, 1.82) is 0 Å². The summed E-state index contributed by atoms with van der Waals surface area (Å²) < 4.78 is 11.8. The normalized spacial score (nSPS) is 10.7. The fraction of sp³-hybridized carbons (Fsp3) is 0.316. The number of halogens is 3. The fourth-order valence-corrected chi connectivity index (χ4v) is 3.45. The lowest BCUT2D eigenvalue weighted by molar-refractivity contribution is -0.118. The van der Waals surface area contributed by atoms with E-state index >= 15 is 0 Å². The topological polar surface area (TPSA) is 47.6 Å². The number of nitrogens with one attached hydrogen (secondary N) is 1. The van der Waals surface area contributed by atoms with Gasteiger partial charge in [0.25, 0.3) is 5.91 Å². The summed E-state index contributed by atoms with van der Waals surface area (Å²) in [6.07, 6.45) is 0.973. The molecule has 0 aliphatic rings. The summed E-state index contributed by atoms with van der Waals surface area (Å²) in [7, 11) is 0. The molecule has 4 nitrogen and oxygen atoms in total. The Balaban J connectivity index is 1.90. The molecule has 0 saturated carbocycles. The van der Waals surface area contributed by atoms with Crippen molar-refractivity contribution in [3.63, 3.8) is 0 Å². The molecule has 0 heterocycles. The molecule has 0 aliphatic carbocycles. The van der Waals surface area contributed by atoms with E-state index < -0.39 is 0 Å². The van der Waals surface area contributed by atoms with Gasteiger partial charge in [0.15, 0.2) is 12.4 Å². The van der Waals surface area contributed by atoms with Crippen LogP contribution in [-0.4, -0.2) is 19.1 Å². The first kappa shape index (κ1) is 20.9. The number of anilines is 1. The lowest BCUT2D eigenvalue weighted by atomic mass is 10.1. The first-order valence-electron chi connectivity index (χ1n) is 8.15. The highest BCUT2D eigenvalue weighted by Gasteiger charge is 2.11. The van der Waals surface area contributed by atoms with Crippen LogP contribution >= 0.6 is 39.1 Å². The molecule has 1 amide bonds. The second-order valence-corrected chi connectivity index (χ2v) is 7.79. The van der Waals surface area contributed by atoms with Gasteiger partial charge < -0.3 is 14.8 Å². The minimum Gasteiger partial charge on any atom is -0.494 e. The SMILES string of the molecule is CC(C)CCOc1cccc(NC(=O)COc2c(Cl)cc(Cl)cc2Br)c1. The average molecular weight is 461 g/mol. The molecule has 7 heteroatoms. The molecular formula is C19H20BrCl2NO3. The number of amides is 1. The number of hydrogen-bond donors (Lipinski definition) is 1. The maximum atomic E-state index is 12.1. The van der Waals surface area contributed by atoms with Crippen LogP contribution < -0.4 is 14.8 Å². The van der Waals surface area contributed by atoms with Crippen molar-refractivity contribution in [2.75, 3.05) is 18.5 Å². The summed E-state index contributed by atoms with van der Waals surface area (Å²) in [6.45, 7) is 4.75. The van der Waals surface area contributed by atoms with Gasteiger partial charge >= 0.3 is 0 Å². The van der Waals surface area contributed by atoms with Gasteiger partial charge in [0.1, 0.15) is 5.75 Å². The number of benzene rings is 2. The summed E-state index contributed by atoms with van der Waals surface area (Å²) >= 11 is 15.3. The van der Waals surface area contributed by atoms with E-state index in [9.17, 15) is 4.79 Å². The van der Waals surface area contributed by atoms with Crippen molar-refractivity contribution >= 4 is 50.7 Å². The van der Waals surface area contributed by atoms with E-state index in [0.29, 0.717) is 44.2 Å². The molecule has 0 saturated heterocycles. The number of rotatable bonds is 8. The van der Waals surface area contributed by atoms with E-state index in [-0.39, 0.29) is 12.5 Å². The molecule has 2 aromatic carbocycles. The molecule has 0 aliphatic heterocycles. The van der Waals surface area contributed by atoms with Gasteiger partial charge in [0, 0.05) is 16.8 Å². The predicted molar refractivity (Wildman–Crippen MR) is 110 cm³/mol. The van der Waals surface area contributed by atoms with Crippen LogP contribution in [0.1, 0.15) is 20.3 Å². The number of carbonyl (C=O) groups is 1. The van der Waals surface area contributed by atoms with Crippen molar-refractivity contribution < 1.29 is 14.3 Å². The van der Waals surface area contributed by atoms with Crippen LogP contribution in [0.15, 0.2) is 40.9 Å². The van der Waals surface area contributed by atoms with Gasteiger partial charge in [-0.1, -0.05) is 43.1 Å². The Morgan fingerprint density at radius 2 is 1.96 bits per heavy atom. The first-order chi connectivity index (χ1) is 12.3. The van der Waals surface area contributed by atoms with Crippen molar-refractivity contribution in [3.05, 3.63) is 50.9 Å². The van der Waals surface area contributed by atoms with Gasteiger partial charge in [0.05, 0.1) is 16.1 Å². The molecule has 140 valence electrons. The summed E-state index contributed by atoms with van der Waals surface area (Å²) in [4.78, 5) is 12.1. The highest BCUT2D eigenvalue weighted by atomic mass is 79.9. The van der Waals surface area contributed by atoms with Crippen LogP contribution in [0.4, 0.5) is 5.69 Å². The molecule has 26 heavy (non-hydrogen) atoms. The third-order valence-corrected chi connectivity index (χ3v) is 4.48. The highest BCUT2D eigenvalue weighted by molar-refractivity contribution is 9.10. The second kappa shape index (κ2) is 10.0. The van der Waals surface area contributed by atoms with E-state index in [2.05, 4.69) is 35.1 Å². The zero-order chi connectivity index (χ0) is 19.1. The van der Waals surface area contributed by atoms with E-state index in [4.69, 9.17) is 32.7 Å². The predicted octanol–water partition coefficient (Wildman–Crippen LogP) is 6.20. The van der Waals surface area contributed by atoms with E-state index in [1.54, 1.807) is 24.3 Å². The standard InChI is InChI=1S/C19H20BrCl2NO3/c1-12(2)6-7-25-15-5-3-4-14(10-15)23-18(24)11-26-19-16(20)8-13(21)9-17(19)22/h3-5,8-10,12H,6-7,11H2,1-2H3,(H,23,24). The summed E-state index contributed by atoms with van der Waals surface area (Å²) in [5.41, 5.74) is 0.641. The molecule has 0 aromatic heterocycles. The molecule has 0 bridgehead atoms. The van der Waals surface area contributed by atoms with Gasteiger partial charge in [-0.05, 0) is 52.5 Å². The lowest BCUT2D eigenvalue weighted by Crippen LogP contribution is -2.20. The third-order valence-electron chi connectivity index (χ3n) is 3.39. The molecule has 0 radical (unpaired) electrons. The Morgan fingerprint density at radius 1 is 1.19 bits per heavy atom. The zero-order valence-electron chi connectivity index (χ0n) is 14.5. The van der Waals surface area contributed by atoms with Crippen molar-refractivity contribution in [3.8, 4) is 11.5 Å². The van der Waals surface area contributed by atoms with E-state index in [1.807, 2.05) is 12.1 Å². The average Bonchev–Trinajstić information content (AvgIpc) is 2.53. The van der Waals surface area contributed by atoms with Crippen LogP contribution in [0.2, 0.25) is 10.0 Å². The number of ether oxygens (including phenoxy) is 2. The van der Waals surface area contributed by atoms with Gasteiger partial charge in [0.2, 0.25) is 0 Å². The van der Waals surface area contributed by atoms with E-state index in [1.165, 1.54) is 0 Å². The summed E-state index contributed by atoms with van der Waals surface area (Å²) in [5.74, 6) is 1.36. The molecule has 2 rings (SSSR count). The second-order valence-electron chi connectivity index (χ2n) is 6.09. The Kier molecular flexibility index (Phi) is 8.07. The molecular weight excluding hydrogens is 441 g/mol. The summed E-state index contributed by atoms with van der Waals surface area (Å²) in [6, 6.07) is 10.5. The van der Waals surface area contributed by atoms with Gasteiger partial charge in [-0.2, -0.15) is 0 Å². The minimum absolute atomic E-state index is 0.182. The van der Waals surface area contributed by atoms with Crippen LogP contribution in [0.3, 0.4) is 0 Å². The first-order valence-corrected chi connectivity index (χ1v) is 9.70. The molecule has 0 atom stereocenters. The molecule has 0 spiro atoms. The molecule has 0 unspecified atom stereocenters. The van der Waals surface area contributed by atoms with Crippen LogP contribution in [-0.2, 0) is 4.79 Å². The monoisotopic (exact) mass is 459 g/mol.